The smallest absolute Gasteiger partial charge is 0.392 e. The standard InChI is InChI=1S/C10H11F3N2O2/c11-10(12,13)8-1-2-14-4-7(8)9-15-3-6(5-16)17-9/h3,5,7-8,14H,1-2,4H2. The van der Waals surface area contributed by atoms with Crippen molar-refractivity contribution < 1.29 is 22.4 Å². The quantitative estimate of drug-likeness (QED) is 0.810. The molecule has 1 aromatic rings. The highest BCUT2D eigenvalue weighted by Crippen LogP contribution is 2.40. The van der Waals surface area contributed by atoms with Gasteiger partial charge >= 0.3 is 6.18 Å². The van der Waals surface area contributed by atoms with Gasteiger partial charge in [0.05, 0.1) is 18.0 Å². The fraction of sp³-hybridized carbons (Fsp3) is 0.600. The van der Waals surface area contributed by atoms with E-state index in [2.05, 4.69) is 10.3 Å². The largest absolute Gasteiger partial charge is 0.438 e. The number of aldehydes is 1. The lowest BCUT2D eigenvalue weighted by atomic mass is 9.86. The summed E-state index contributed by atoms with van der Waals surface area (Å²) < 4.78 is 43.4. The Hall–Kier alpha value is -1.37. The van der Waals surface area contributed by atoms with Crippen molar-refractivity contribution in [2.24, 2.45) is 5.92 Å². The second-order valence-electron chi connectivity index (χ2n) is 3.97. The monoisotopic (exact) mass is 248 g/mol. The minimum absolute atomic E-state index is 0.00697. The number of rotatable bonds is 2. The molecular weight excluding hydrogens is 237 g/mol. The average molecular weight is 248 g/mol. The summed E-state index contributed by atoms with van der Waals surface area (Å²) in [5.41, 5.74) is 0. The molecule has 2 heterocycles. The van der Waals surface area contributed by atoms with Crippen molar-refractivity contribution in [2.45, 2.75) is 18.5 Å². The van der Waals surface area contributed by atoms with E-state index in [1.807, 2.05) is 0 Å². The molecule has 1 fully saturated rings. The Bertz CT molecular complexity index is 403. The lowest BCUT2D eigenvalue weighted by molar-refractivity contribution is -0.187. The van der Waals surface area contributed by atoms with E-state index >= 15 is 0 Å². The molecule has 4 nitrogen and oxygen atoms in total. The van der Waals surface area contributed by atoms with Crippen LogP contribution in [0.15, 0.2) is 10.6 Å². The van der Waals surface area contributed by atoms with E-state index in [4.69, 9.17) is 4.42 Å². The summed E-state index contributed by atoms with van der Waals surface area (Å²) in [5.74, 6) is -2.41. The van der Waals surface area contributed by atoms with Gasteiger partial charge in [-0.2, -0.15) is 13.2 Å². The summed E-state index contributed by atoms with van der Waals surface area (Å²) in [5, 5.41) is 2.87. The molecule has 1 aliphatic rings. The molecule has 1 saturated heterocycles. The van der Waals surface area contributed by atoms with Gasteiger partial charge in [-0.1, -0.05) is 0 Å². The number of carbonyl (C=O) groups excluding carboxylic acids is 1. The number of halogens is 3. The van der Waals surface area contributed by atoms with Crippen molar-refractivity contribution in [3.63, 3.8) is 0 Å². The van der Waals surface area contributed by atoms with Crippen LogP contribution in [-0.2, 0) is 0 Å². The van der Waals surface area contributed by atoms with Crippen LogP contribution in [0.2, 0.25) is 0 Å². The maximum Gasteiger partial charge on any atom is 0.392 e. The first-order valence-corrected chi connectivity index (χ1v) is 5.20. The molecule has 1 aliphatic heterocycles. The molecule has 0 saturated carbocycles. The highest BCUT2D eigenvalue weighted by Gasteiger charge is 2.47. The van der Waals surface area contributed by atoms with Crippen LogP contribution < -0.4 is 5.32 Å². The van der Waals surface area contributed by atoms with Gasteiger partial charge in [-0.15, -0.1) is 0 Å². The van der Waals surface area contributed by atoms with Gasteiger partial charge in [0.25, 0.3) is 0 Å². The second-order valence-corrected chi connectivity index (χ2v) is 3.97. The Labute approximate surface area is 95.2 Å². The molecule has 94 valence electrons. The Morgan fingerprint density at radius 1 is 1.53 bits per heavy atom. The van der Waals surface area contributed by atoms with Crippen LogP contribution in [0.3, 0.4) is 0 Å². The molecular formula is C10H11F3N2O2. The second kappa shape index (κ2) is 4.48. The molecule has 0 radical (unpaired) electrons. The summed E-state index contributed by atoms with van der Waals surface area (Å²) in [7, 11) is 0. The number of aromatic nitrogens is 1. The van der Waals surface area contributed by atoms with Gasteiger partial charge in [-0.05, 0) is 13.0 Å². The predicted octanol–water partition coefficient (Wildman–Crippen LogP) is 1.74. The average Bonchev–Trinajstić information content (AvgIpc) is 2.76. The van der Waals surface area contributed by atoms with E-state index in [1.165, 1.54) is 0 Å². The van der Waals surface area contributed by atoms with E-state index in [0.717, 1.165) is 6.20 Å². The molecule has 0 aliphatic carbocycles. The lowest BCUT2D eigenvalue weighted by Crippen LogP contribution is -2.42. The van der Waals surface area contributed by atoms with Gasteiger partial charge in [-0.3, -0.25) is 4.79 Å². The molecule has 0 spiro atoms. The predicted molar refractivity (Wildman–Crippen MR) is 51.7 cm³/mol. The maximum absolute atomic E-state index is 12.8. The van der Waals surface area contributed by atoms with Gasteiger partial charge in [0, 0.05) is 6.54 Å². The number of hydrogen-bond acceptors (Lipinski definition) is 4. The van der Waals surface area contributed by atoms with Crippen molar-refractivity contribution in [3.8, 4) is 0 Å². The molecule has 17 heavy (non-hydrogen) atoms. The highest BCUT2D eigenvalue weighted by atomic mass is 19.4. The fourth-order valence-electron chi connectivity index (χ4n) is 2.04. The van der Waals surface area contributed by atoms with Crippen molar-refractivity contribution in [3.05, 3.63) is 17.8 Å². The van der Waals surface area contributed by atoms with E-state index < -0.39 is 18.0 Å². The van der Waals surface area contributed by atoms with Crippen LogP contribution in [0, 0.1) is 5.92 Å². The normalized spacial score (nSPS) is 25.8. The molecule has 1 aromatic heterocycles. The summed E-state index contributed by atoms with van der Waals surface area (Å²) in [6, 6.07) is 0. The summed E-state index contributed by atoms with van der Waals surface area (Å²) in [4.78, 5) is 14.1. The van der Waals surface area contributed by atoms with Gasteiger partial charge in [0.1, 0.15) is 0 Å². The van der Waals surface area contributed by atoms with Gasteiger partial charge < -0.3 is 9.73 Å². The maximum atomic E-state index is 12.8. The number of carbonyl (C=O) groups is 1. The van der Waals surface area contributed by atoms with Crippen LogP contribution in [0.5, 0.6) is 0 Å². The Balaban J connectivity index is 2.24. The SMILES string of the molecule is O=Cc1cnc(C2CNCCC2C(F)(F)F)o1. The van der Waals surface area contributed by atoms with E-state index in [-0.39, 0.29) is 24.6 Å². The van der Waals surface area contributed by atoms with Crippen LogP contribution >= 0.6 is 0 Å². The van der Waals surface area contributed by atoms with E-state index in [9.17, 15) is 18.0 Å². The first-order chi connectivity index (χ1) is 8.02. The summed E-state index contributed by atoms with van der Waals surface area (Å²) in [6.07, 6.45) is -2.71. The minimum Gasteiger partial charge on any atom is -0.438 e. The minimum atomic E-state index is -4.28. The molecule has 2 rings (SSSR count). The molecule has 2 unspecified atom stereocenters. The third-order valence-electron chi connectivity index (χ3n) is 2.88. The molecule has 0 aromatic carbocycles. The Morgan fingerprint density at radius 2 is 2.29 bits per heavy atom. The Morgan fingerprint density at radius 3 is 2.88 bits per heavy atom. The van der Waals surface area contributed by atoms with Crippen molar-refractivity contribution in [2.75, 3.05) is 13.1 Å². The van der Waals surface area contributed by atoms with Crippen molar-refractivity contribution >= 4 is 6.29 Å². The lowest BCUT2D eigenvalue weighted by Gasteiger charge is -2.31. The van der Waals surface area contributed by atoms with Crippen molar-refractivity contribution in [1.29, 1.82) is 0 Å². The van der Waals surface area contributed by atoms with E-state index in [1.54, 1.807) is 0 Å². The highest BCUT2D eigenvalue weighted by molar-refractivity contribution is 5.69. The topological polar surface area (TPSA) is 55.1 Å². The number of nitrogens with zero attached hydrogens (tertiary/aromatic N) is 1. The Kier molecular flexibility index (Phi) is 3.19. The number of hydrogen-bond donors (Lipinski definition) is 1. The van der Waals surface area contributed by atoms with Crippen molar-refractivity contribution in [1.82, 2.24) is 10.3 Å². The van der Waals surface area contributed by atoms with Gasteiger partial charge in [0.15, 0.2) is 17.9 Å². The number of piperidine rings is 1. The summed E-state index contributed by atoms with van der Waals surface area (Å²) in [6.45, 7) is 0.477. The zero-order valence-electron chi connectivity index (χ0n) is 8.83. The zero-order valence-corrected chi connectivity index (χ0v) is 8.83. The molecule has 0 bridgehead atoms. The molecule has 7 heteroatoms. The van der Waals surface area contributed by atoms with Crippen LogP contribution in [-0.4, -0.2) is 30.5 Å². The molecule has 1 N–H and O–H groups in total. The first-order valence-electron chi connectivity index (χ1n) is 5.20. The number of nitrogens with one attached hydrogen (secondary N) is 1. The number of oxazole rings is 1. The third kappa shape index (κ3) is 2.49. The molecule has 0 amide bonds. The van der Waals surface area contributed by atoms with Crippen LogP contribution in [0.4, 0.5) is 13.2 Å². The first kappa shape index (κ1) is 12.1. The zero-order chi connectivity index (χ0) is 12.5. The van der Waals surface area contributed by atoms with Crippen LogP contribution in [0.25, 0.3) is 0 Å². The van der Waals surface area contributed by atoms with E-state index in [0.29, 0.717) is 12.8 Å². The fourth-order valence-corrected chi connectivity index (χ4v) is 2.04. The summed E-state index contributed by atoms with van der Waals surface area (Å²) >= 11 is 0. The van der Waals surface area contributed by atoms with Gasteiger partial charge in [0.2, 0.25) is 0 Å². The number of alkyl halides is 3. The third-order valence-corrected chi connectivity index (χ3v) is 2.88. The van der Waals surface area contributed by atoms with Crippen LogP contribution in [0.1, 0.15) is 28.8 Å². The van der Waals surface area contributed by atoms with Gasteiger partial charge in [-0.25, -0.2) is 4.98 Å². The molecule has 2 atom stereocenters.